The molecule has 0 bridgehead atoms. The van der Waals surface area contributed by atoms with Gasteiger partial charge in [-0.2, -0.15) is 0 Å². The molecular weight excluding hydrogens is 224 g/mol. The molecule has 5 heteroatoms. The predicted molar refractivity (Wildman–Crippen MR) is 47.6 cm³/mol. The second-order valence-corrected chi connectivity index (χ2v) is 3.13. The molecule has 1 heterocycles. The van der Waals surface area contributed by atoms with E-state index in [4.69, 9.17) is 4.84 Å². The van der Waals surface area contributed by atoms with Crippen LogP contribution in [0.3, 0.4) is 0 Å². The maximum Gasteiger partial charge on any atom is 0.293 e. The molecule has 1 N–H and O–H groups in total. The second-order valence-electron chi connectivity index (χ2n) is 2.22. The lowest BCUT2D eigenvalue weighted by atomic mass is 10.4. The molecule has 0 aliphatic carbocycles. The van der Waals surface area contributed by atoms with Crippen LogP contribution in [-0.2, 0) is 4.84 Å². The van der Waals surface area contributed by atoms with E-state index in [0.29, 0.717) is 5.69 Å². The summed E-state index contributed by atoms with van der Waals surface area (Å²) in [5.74, 6) is -0.205. The maximum absolute atomic E-state index is 11.3. The van der Waals surface area contributed by atoms with Gasteiger partial charge < -0.3 is 4.98 Å². The monoisotopic (exact) mass is 232 g/mol. The number of hydrogen-bond donors (Lipinski definition) is 1. The van der Waals surface area contributed by atoms with Crippen LogP contribution in [0.25, 0.3) is 0 Å². The van der Waals surface area contributed by atoms with Crippen molar-refractivity contribution in [2.24, 2.45) is 0 Å². The molecule has 0 saturated carbocycles. The third-order valence-corrected chi connectivity index (χ3v) is 1.90. The highest BCUT2D eigenvalue weighted by Gasteiger charge is 2.12. The highest BCUT2D eigenvalue weighted by Crippen LogP contribution is 2.11. The van der Waals surface area contributed by atoms with E-state index in [2.05, 4.69) is 20.9 Å². The van der Waals surface area contributed by atoms with Crippen molar-refractivity contribution in [2.45, 2.75) is 0 Å². The quantitative estimate of drug-likeness (QED) is 0.785. The van der Waals surface area contributed by atoms with Crippen molar-refractivity contribution < 1.29 is 9.63 Å². The Bertz CT molecular complexity index is 285. The number of aromatic nitrogens is 1. The summed E-state index contributed by atoms with van der Waals surface area (Å²) < 4.78 is 0.843. The van der Waals surface area contributed by atoms with Gasteiger partial charge in [-0.25, -0.2) is 5.06 Å². The number of H-pyrrole nitrogens is 1. The van der Waals surface area contributed by atoms with E-state index >= 15 is 0 Å². The van der Waals surface area contributed by atoms with Crippen molar-refractivity contribution in [2.75, 3.05) is 14.2 Å². The van der Waals surface area contributed by atoms with Gasteiger partial charge in [0, 0.05) is 17.7 Å². The molecule has 1 amide bonds. The minimum atomic E-state index is -0.205. The van der Waals surface area contributed by atoms with Crippen molar-refractivity contribution in [3.8, 4) is 0 Å². The van der Waals surface area contributed by atoms with Crippen molar-refractivity contribution in [3.63, 3.8) is 0 Å². The fraction of sp³-hybridized carbons (Fsp3) is 0.286. The Hall–Kier alpha value is -0.810. The zero-order valence-electron chi connectivity index (χ0n) is 6.80. The molecular formula is C7H9BrN2O2. The van der Waals surface area contributed by atoms with E-state index in [0.717, 1.165) is 9.54 Å². The van der Waals surface area contributed by atoms with Crippen molar-refractivity contribution >= 4 is 21.8 Å². The van der Waals surface area contributed by atoms with Gasteiger partial charge in [0.15, 0.2) is 0 Å². The van der Waals surface area contributed by atoms with E-state index in [1.807, 2.05) is 0 Å². The Morgan fingerprint density at radius 2 is 2.42 bits per heavy atom. The number of hydrogen-bond acceptors (Lipinski definition) is 2. The molecule has 12 heavy (non-hydrogen) atoms. The van der Waals surface area contributed by atoms with Crippen LogP contribution < -0.4 is 0 Å². The van der Waals surface area contributed by atoms with Gasteiger partial charge in [0.1, 0.15) is 5.69 Å². The molecule has 0 aromatic carbocycles. The average molecular weight is 233 g/mol. The molecule has 0 unspecified atom stereocenters. The van der Waals surface area contributed by atoms with E-state index in [-0.39, 0.29) is 5.91 Å². The molecule has 1 aromatic heterocycles. The Morgan fingerprint density at radius 3 is 2.83 bits per heavy atom. The molecule has 0 aliphatic heterocycles. The zero-order valence-corrected chi connectivity index (χ0v) is 8.38. The number of nitrogens with zero attached hydrogens (tertiary/aromatic N) is 1. The van der Waals surface area contributed by atoms with E-state index in [1.165, 1.54) is 7.11 Å². The van der Waals surface area contributed by atoms with Crippen molar-refractivity contribution in [3.05, 3.63) is 22.4 Å². The van der Waals surface area contributed by atoms with Gasteiger partial charge in [0.25, 0.3) is 5.91 Å². The van der Waals surface area contributed by atoms with Gasteiger partial charge in [-0.05, 0) is 22.0 Å². The number of aromatic amines is 1. The molecule has 1 aromatic rings. The topological polar surface area (TPSA) is 45.3 Å². The van der Waals surface area contributed by atoms with Crippen LogP contribution in [0.5, 0.6) is 0 Å². The van der Waals surface area contributed by atoms with Crippen molar-refractivity contribution in [1.82, 2.24) is 10.0 Å². The normalized spacial score (nSPS) is 9.92. The minimum absolute atomic E-state index is 0.205. The second kappa shape index (κ2) is 3.73. The fourth-order valence-corrected chi connectivity index (χ4v) is 1.09. The van der Waals surface area contributed by atoms with Gasteiger partial charge in [0.2, 0.25) is 0 Å². The van der Waals surface area contributed by atoms with Crippen LogP contribution in [-0.4, -0.2) is 30.1 Å². The summed E-state index contributed by atoms with van der Waals surface area (Å²) in [6, 6.07) is 1.69. The average Bonchev–Trinajstić information content (AvgIpc) is 2.49. The summed E-state index contributed by atoms with van der Waals surface area (Å²) in [5.41, 5.74) is 0.492. The summed E-state index contributed by atoms with van der Waals surface area (Å²) in [6.07, 6.45) is 1.69. The molecule has 4 nitrogen and oxygen atoms in total. The Kier molecular flexibility index (Phi) is 2.88. The molecule has 0 radical (unpaired) electrons. The summed E-state index contributed by atoms with van der Waals surface area (Å²) in [7, 11) is 2.99. The van der Waals surface area contributed by atoms with Gasteiger partial charge in [-0.1, -0.05) is 0 Å². The van der Waals surface area contributed by atoms with Gasteiger partial charge >= 0.3 is 0 Å². The lowest BCUT2D eigenvalue weighted by Crippen LogP contribution is -2.25. The molecule has 0 fully saturated rings. The third-order valence-electron chi connectivity index (χ3n) is 1.44. The largest absolute Gasteiger partial charge is 0.356 e. The standard InChI is InChI=1S/C7H9BrN2O2/c1-10(12-2)7(11)6-3-5(8)4-9-6/h3-4,9H,1-2H3. The first kappa shape index (κ1) is 9.28. The SMILES string of the molecule is CON(C)C(=O)c1cc(Br)c[nH]1. The number of nitrogens with one attached hydrogen (secondary N) is 1. The third kappa shape index (κ3) is 1.86. The molecule has 1 rings (SSSR count). The number of rotatable bonds is 2. The van der Waals surface area contributed by atoms with Crippen molar-refractivity contribution in [1.29, 1.82) is 0 Å². The van der Waals surface area contributed by atoms with Gasteiger partial charge in [0.05, 0.1) is 7.11 Å². The van der Waals surface area contributed by atoms with Gasteiger partial charge in [-0.15, -0.1) is 0 Å². The lowest BCUT2D eigenvalue weighted by Gasteiger charge is -2.11. The summed E-state index contributed by atoms with van der Waals surface area (Å²) in [5, 5.41) is 1.15. The van der Waals surface area contributed by atoms with E-state index < -0.39 is 0 Å². The van der Waals surface area contributed by atoms with E-state index in [9.17, 15) is 4.79 Å². The Morgan fingerprint density at radius 1 is 1.75 bits per heavy atom. The van der Waals surface area contributed by atoms with Crippen LogP contribution in [0, 0.1) is 0 Å². The number of carbonyl (C=O) groups is 1. The Balaban J connectivity index is 2.78. The maximum atomic E-state index is 11.3. The van der Waals surface area contributed by atoms with Crippen LogP contribution in [0.1, 0.15) is 10.5 Å². The smallest absolute Gasteiger partial charge is 0.293 e. The summed E-state index contributed by atoms with van der Waals surface area (Å²) >= 11 is 3.23. The van der Waals surface area contributed by atoms with Crippen LogP contribution in [0.4, 0.5) is 0 Å². The summed E-state index contributed by atoms with van der Waals surface area (Å²) in [6.45, 7) is 0. The fourth-order valence-electron chi connectivity index (χ4n) is 0.744. The first-order valence-electron chi connectivity index (χ1n) is 3.31. The number of amides is 1. The van der Waals surface area contributed by atoms with Crippen LogP contribution in [0.15, 0.2) is 16.7 Å². The number of carbonyl (C=O) groups excluding carboxylic acids is 1. The lowest BCUT2D eigenvalue weighted by molar-refractivity contribution is -0.0760. The molecule has 0 saturated heterocycles. The highest BCUT2D eigenvalue weighted by molar-refractivity contribution is 9.10. The summed E-state index contributed by atoms with van der Waals surface area (Å²) in [4.78, 5) is 18.9. The zero-order chi connectivity index (χ0) is 9.14. The molecule has 66 valence electrons. The molecule has 0 atom stereocenters. The first-order valence-corrected chi connectivity index (χ1v) is 4.10. The Labute approximate surface area is 78.6 Å². The molecule has 0 spiro atoms. The number of halogens is 1. The van der Waals surface area contributed by atoms with Gasteiger partial charge in [-0.3, -0.25) is 9.63 Å². The number of hydroxylamine groups is 2. The highest BCUT2D eigenvalue weighted by atomic mass is 79.9. The van der Waals surface area contributed by atoms with Crippen LogP contribution >= 0.6 is 15.9 Å². The molecule has 0 aliphatic rings. The predicted octanol–water partition coefficient (Wildman–Crippen LogP) is 1.41. The first-order chi connectivity index (χ1) is 5.65. The van der Waals surface area contributed by atoms with E-state index in [1.54, 1.807) is 19.3 Å². The van der Waals surface area contributed by atoms with Crippen LogP contribution in [0.2, 0.25) is 0 Å². The minimum Gasteiger partial charge on any atom is -0.356 e.